The highest BCUT2D eigenvalue weighted by Crippen LogP contribution is 2.30. The summed E-state index contributed by atoms with van der Waals surface area (Å²) in [5.74, 6) is 0. The summed E-state index contributed by atoms with van der Waals surface area (Å²) in [5.41, 5.74) is 3.80. The van der Waals surface area contributed by atoms with Gasteiger partial charge in [-0.1, -0.05) is 42.5 Å². The molecule has 1 aliphatic carbocycles. The Labute approximate surface area is 124 Å². The minimum absolute atomic E-state index is 0.214. The van der Waals surface area contributed by atoms with E-state index in [1.165, 1.54) is 11.1 Å². The number of nitro benzene ring substituents is 1. The number of para-hydroxylation sites is 1. The zero-order valence-electron chi connectivity index (χ0n) is 11.8. The molecule has 2 aromatic carbocycles. The average Bonchev–Trinajstić information content (AvgIpc) is 2.91. The van der Waals surface area contributed by atoms with Gasteiger partial charge in [0.1, 0.15) is 0 Å². The van der Waals surface area contributed by atoms with Crippen LogP contribution in [-0.4, -0.2) is 11.5 Å². The van der Waals surface area contributed by atoms with E-state index < -0.39 is 0 Å². The van der Waals surface area contributed by atoms with Gasteiger partial charge in [0.2, 0.25) is 0 Å². The molecule has 1 N–H and O–H groups in total. The van der Waals surface area contributed by atoms with Gasteiger partial charge in [0.05, 0.1) is 4.92 Å². The summed E-state index contributed by atoms with van der Waals surface area (Å²) in [5, 5.41) is 14.5. The highest BCUT2D eigenvalue weighted by atomic mass is 16.6. The molecular weight excluding hydrogens is 264 g/mol. The van der Waals surface area contributed by atoms with Crippen LogP contribution in [0, 0.1) is 10.1 Å². The van der Waals surface area contributed by atoms with Crippen LogP contribution in [0.3, 0.4) is 0 Å². The number of aryl methyl sites for hydroxylation is 1. The molecule has 1 unspecified atom stereocenters. The average molecular weight is 282 g/mol. The first kappa shape index (κ1) is 13.8. The van der Waals surface area contributed by atoms with Crippen LogP contribution in [-0.2, 0) is 12.8 Å². The monoisotopic (exact) mass is 282 g/mol. The molecular formula is C17H18N2O2. The van der Waals surface area contributed by atoms with Crippen LogP contribution in [0.1, 0.15) is 29.2 Å². The molecule has 1 aliphatic rings. The van der Waals surface area contributed by atoms with Crippen LogP contribution in [0.25, 0.3) is 0 Å². The fourth-order valence-corrected chi connectivity index (χ4v) is 3.05. The predicted octanol–water partition coefficient (Wildman–Crippen LogP) is 3.41. The number of nitrogens with one attached hydrogen (secondary N) is 1. The quantitative estimate of drug-likeness (QED) is 0.675. The molecule has 2 aromatic rings. The lowest BCUT2D eigenvalue weighted by molar-refractivity contribution is -0.385. The van der Waals surface area contributed by atoms with Crippen molar-refractivity contribution in [2.24, 2.45) is 0 Å². The van der Waals surface area contributed by atoms with Crippen LogP contribution in [0.15, 0.2) is 48.5 Å². The van der Waals surface area contributed by atoms with Crippen LogP contribution >= 0.6 is 0 Å². The van der Waals surface area contributed by atoms with E-state index in [0.717, 1.165) is 24.9 Å². The second kappa shape index (κ2) is 6.06. The molecule has 0 heterocycles. The largest absolute Gasteiger partial charge is 0.310 e. The Kier molecular flexibility index (Phi) is 3.97. The van der Waals surface area contributed by atoms with Crippen molar-refractivity contribution in [3.05, 3.63) is 75.3 Å². The summed E-state index contributed by atoms with van der Waals surface area (Å²) in [7, 11) is 0. The van der Waals surface area contributed by atoms with E-state index >= 15 is 0 Å². The van der Waals surface area contributed by atoms with Crippen LogP contribution in [0.5, 0.6) is 0 Å². The number of rotatable bonds is 5. The first-order valence-electron chi connectivity index (χ1n) is 7.29. The Bertz CT molecular complexity index is 655. The minimum Gasteiger partial charge on any atom is -0.310 e. The van der Waals surface area contributed by atoms with E-state index in [4.69, 9.17) is 0 Å². The zero-order chi connectivity index (χ0) is 14.7. The van der Waals surface area contributed by atoms with Crippen molar-refractivity contribution in [2.75, 3.05) is 6.54 Å². The Balaban J connectivity index is 1.62. The molecule has 0 spiro atoms. The van der Waals surface area contributed by atoms with Gasteiger partial charge in [-0.3, -0.25) is 10.1 Å². The van der Waals surface area contributed by atoms with Gasteiger partial charge in [-0.2, -0.15) is 0 Å². The van der Waals surface area contributed by atoms with Crippen LogP contribution < -0.4 is 5.32 Å². The molecule has 0 radical (unpaired) electrons. The highest BCUT2D eigenvalue weighted by molar-refractivity contribution is 5.40. The van der Waals surface area contributed by atoms with E-state index in [1.54, 1.807) is 12.1 Å². The molecule has 108 valence electrons. The molecule has 4 nitrogen and oxygen atoms in total. The summed E-state index contributed by atoms with van der Waals surface area (Å²) < 4.78 is 0. The van der Waals surface area contributed by atoms with Gasteiger partial charge in [-0.15, -0.1) is 0 Å². The molecule has 0 saturated carbocycles. The molecule has 0 aromatic heterocycles. The van der Waals surface area contributed by atoms with E-state index in [1.807, 2.05) is 12.1 Å². The summed E-state index contributed by atoms with van der Waals surface area (Å²) in [6.45, 7) is 0.754. The fourth-order valence-electron chi connectivity index (χ4n) is 3.05. The molecule has 0 amide bonds. The lowest BCUT2D eigenvalue weighted by Crippen LogP contribution is -2.22. The molecule has 4 heteroatoms. The van der Waals surface area contributed by atoms with Gasteiger partial charge < -0.3 is 5.32 Å². The molecule has 0 saturated heterocycles. The van der Waals surface area contributed by atoms with Crippen molar-refractivity contribution in [1.29, 1.82) is 0 Å². The third kappa shape index (κ3) is 2.95. The predicted molar refractivity (Wildman–Crippen MR) is 82.3 cm³/mol. The summed E-state index contributed by atoms with van der Waals surface area (Å²) in [6, 6.07) is 15.8. The topological polar surface area (TPSA) is 55.2 Å². The number of hydrogen-bond acceptors (Lipinski definition) is 3. The Morgan fingerprint density at radius 3 is 2.76 bits per heavy atom. The van der Waals surface area contributed by atoms with Crippen molar-refractivity contribution in [2.45, 2.75) is 25.3 Å². The summed E-state index contributed by atoms with van der Waals surface area (Å²) in [6.07, 6.45) is 2.89. The molecule has 0 bridgehead atoms. The number of benzene rings is 2. The Morgan fingerprint density at radius 1 is 1.14 bits per heavy atom. The molecule has 21 heavy (non-hydrogen) atoms. The first-order valence-corrected chi connectivity index (χ1v) is 7.29. The molecule has 3 rings (SSSR count). The smallest absolute Gasteiger partial charge is 0.272 e. The second-order valence-corrected chi connectivity index (χ2v) is 5.38. The lowest BCUT2D eigenvalue weighted by Gasteiger charge is -2.14. The van der Waals surface area contributed by atoms with Crippen molar-refractivity contribution in [3.63, 3.8) is 0 Å². The van der Waals surface area contributed by atoms with Crippen molar-refractivity contribution in [3.8, 4) is 0 Å². The van der Waals surface area contributed by atoms with Gasteiger partial charge in [0.15, 0.2) is 0 Å². The molecule has 1 atom stereocenters. The van der Waals surface area contributed by atoms with Crippen molar-refractivity contribution in [1.82, 2.24) is 5.32 Å². The first-order chi connectivity index (χ1) is 10.3. The normalized spacial score (nSPS) is 16.7. The van der Waals surface area contributed by atoms with E-state index in [-0.39, 0.29) is 10.6 Å². The third-order valence-corrected chi connectivity index (χ3v) is 4.11. The third-order valence-electron chi connectivity index (χ3n) is 4.11. The van der Waals surface area contributed by atoms with Crippen LogP contribution in [0.2, 0.25) is 0 Å². The lowest BCUT2D eigenvalue weighted by atomic mass is 10.1. The minimum atomic E-state index is -0.305. The van der Waals surface area contributed by atoms with Crippen molar-refractivity contribution < 1.29 is 4.92 Å². The second-order valence-electron chi connectivity index (χ2n) is 5.38. The van der Waals surface area contributed by atoms with Crippen LogP contribution in [0.4, 0.5) is 5.69 Å². The maximum atomic E-state index is 11.0. The number of fused-ring (bicyclic) bond motifs is 1. The van der Waals surface area contributed by atoms with E-state index in [9.17, 15) is 10.1 Å². The van der Waals surface area contributed by atoms with Gasteiger partial charge in [-0.05, 0) is 30.4 Å². The molecule has 0 aliphatic heterocycles. The number of hydrogen-bond donors (Lipinski definition) is 1. The van der Waals surface area contributed by atoms with Gasteiger partial charge >= 0.3 is 0 Å². The van der Waals surface area contributed by atoms with E-state index in [0.29, 0.717) is 12.5 Å². The maximum absolute atomic E-state index is 11.0. The molecule has 0 fully saturated rings. The number of nitro groups is 1. The van der Waals surface area contributed by atoms with Gasteiger partial charge in [0.25, 0.3) is 5.69 Å². The number of nitrogens with zero attached hydrogens (tertiary/aromatic N) is 1. The van der Waals surface area contributed by atoms with Crippen molar-refractivity contribution >= 4 is 5.69 Å². The Morgan fingerprint density at radius 2 is 1.90 bits per heavy atom. The maximum Gasteiger partial charge on any atom is 0.272 e. The SMILES string of the molecule is O=[N+]([O-])c1ccccc1CCNC1CCc2ccccc21. The van der Waals surface area contributed by atoms with Gasteiger partial charge in [0, 0.05) is 24.2 Å². The van der Waals surface area contributed by atoms with Gasteiger partial charge in [-0.25, -0.2) is 0 Å². The fraction of sp³-hybridized carbons (Fsp3) is 0.294. The zero-order valence-corrected chi connectivity index (χ0v) is 11.8. The summed E-state index contributed by atoms with van der Waals surface area (Å²) >= 11 is 0. The standard InChI is InChI=1S/C17H18N2O2/c20-19(21)17-8-4-2-6-14(17)11-12-18-16-10-9-13-5-1-3-7-15(13)16/h1-8,16,18H,9-12H2. The Hall–Kier alpha value is -2.20. The highest BCUT2D eigenvalue weighted by Gasteiger charge is 2.21. The summed E-state index contributed by atoms with van der Waals surface area (Å²) in [4.78, 5) is 10.7. The van der Waals surface area contributed by atoms with E-state index in [2.05, 4.69) is 29.6 Å².